The van der Waals surface area contributed by atoms with Crippen LogP contribution in [0.25, 0.3) is 0 Å². The van der Waals surface area contributed by atoms with Gasteiger partial charge in [0, 0.05) is 93.1 Å². The van der Waals surface area contributed by atoms with E-state index in [1.165, 1.54) is 0 Å². The molecule has 0 saturated carbocycles. The average Bonchev–Trinajstić information content (AvgIpc) is 3.96. The van der Waals surface area contributed by atoms with Gasteiger partial charge in [-0.1, -0.05) is 37.8 Å². The summed E-state index contributed by atoms with van der Waals surface area (Å²) in [6.45, 7) is 41.1. The first-order valence-electron chi connectivity index (χ1n) is 22.9. The lowest BCUT2D eigenvalue weighted by molar-refractivity contribution is 0.00578. The first-order chi connectivity index (χ1) is 31.0. The summed E-state index contributed by atoms with van der Waals surface area (Å²) >= 11 is 0. The lowest BCUT2D eigenvalue weighted by Crippen LogP contribution is -2.41. The molecule has 5 aliphatic heterocycles. The molecule has 66 heavy (non-hydrogen) atoms. The number of hydrogen-bond donors (Lipinski definition) is 0. The minimum Gasteiger partial charge on any atom is -0.523 e. The number of hydrogen-bond acceptors (Lipinski definition) is 16. The van der Waals surface area contributed by atoms with Gasteiger partial charge in [0.1, 0.15) is 11.5 Å². The fourth-order valence-corrected chi connectivity index (χ4v) is 4.94. The number of benzene rings is 1. The van der Waals surface area contributed by atoms with Gasteiger partial charge in [-0.25, -0.2) is 0 Å². The van der Waals surface area contributed by atoms with E-state index in [9.17, 15) is 0 Å². The molecule has 16 nitrogen and oxygen atoms in total. The van der Waals surface area contributed by atoms with Gasteiger partial charge in [0.25, 0.3) is 0 Å². The second kappa shape index (κ2) is 38.4. The van der Waals surface area contributed by atoms with Crippen molar-refractivity contribution in [2.45, 2.75) is 141 Å². The zero-order valence-electron chi connectivity index (χ0n) is 44.3. The van der Waals surface area contributed by atoms with Gasteiger partial charge in [0.15, 0.2) is 0 Å². The monoisotopic (exact) mass is 959 g/mol. The molecule has 0 aliphatic carbocycles. The molecule has 24 heteroatoms. The van der Waals surface area contributed by atoms with Crippen LogP contribution in [-0.4, -0.2) is 135 Å². The molecule has 0 aromatic heterocycles. The van der Waals surface area contributed by atoms with Crippen molar-refractivity contribution in [1.29, 1.82) is 0 Å². The van der Waals surface area contributed by atoms with Crippen LogP contribution in [0.3, 0.4) is 0 Å². The smallest absolute Gasteiger partial charge is 0.523 e. The molecular weight excluding hydrogens is 847 g/mol. The summed E-state index contributed by atoms with van der Waals surface area (Å²) in [5, 5.41) is 0. The summed E-state index contributed by atoms with van der Waals surface area (Å²) < 4.78 is 81.3. The minimum atomic E-state index is -0.375. The van der Waals surface area contributed by atoms with Crippen LogP contribution < -0.4 is 9.31 Å². The average molecular weight is 958 g/mol. The Labute approximate surface area is 424 Å². The van der Waals surface area contributed by atoms with E-state index in [1.54, 1.807) is 34.9 Å². The first-order valence-corrected chi connectivity index (χ1v) is 22.9. The lowest BCUT2D eigenvalue weighted by Gasteiger charge is -2.32. The molecule has 0 N–H and O–H groups in total. The van der Waals surface area contributed by atoms with E-state index < -0.39 is 0 Å². The Kier molecular flexibility index (Phi) is 38.2. The van der Waals surface area contributed by atoms with E-state index in [0.717, 1.165) is 70.8 Å². The van der Waals surface area contributed by atoms with Crippen LogP contribution in [0.1, 0.15) is 95.6 Å². The van der Waals surface area contributed by atoms with Gasteiger partial charge in [-0.05, 0) is 115 Å². The van der Waals surface area contributed by atoms with E-state index in [1.807, 2.05) is 85.9 Å². The van der Waals surface area contributed by atoms with E-state index in [4.69, 9.17) is 65.2 Å². The van der Waals surface area contributed by atoms with Crippen molar-refractivity contribution in [1.82, 2.24) is 0 Å². The van der Waals surface area contributed by atoms with Crippen molar-refractivity contribution in [3.8, 4) is 35.6 Å². The van der Waals surface area contributed by atoms with Crippen LogP contribution in [0, 0.1) is 29.5 Å². The molecule has 6 rings (SSSR count). The minimum absolute atomic E-state index is 0. The number of rotatable bonds is 8. The zero-order chi connectivity index (χ0) is 50.6. The van der Waals surface area contributed by atoms with E-state index in [2.05, 4.69) is 74.9 Å². The summed E-state index contributed by atoms with van der Waals surface area (Å²) in [5.74, 6) is 6.83. The van der Waals surface area contributed by atoms with Gasteiger partial charge in [-0.15, -0.1) is 0 Å². The second-order valence-electron chi connectivity index (χ2n) is 16.4. The molecule has 1 aromatic rings. The van der Waals surface area contributed by atoms with Crippen molar-refractivity contribution in [3.63, 3.8) is 0 Å². The Morgan fingerprint density at radius 1 is 0.561 bits per heavy atom. The summed E-state index contributed by atoms with van der Waals surface area (Å²) in [4.78, 5) is 0. The number of para-hydroxylation sites is 2. The topological polar surface area (TPSA) is 148 Å². The van der Waals surface area contributed by atoms with Crippen molar-refractivity contribution >= 4 is 56.9 Å². The maximum atomic E-state index is 5.54. The van der Waals surface area contributed by atoms with Crippen LogP contribution in [0.15, 0.2) is 24.3 Å². The van der Waals surface area contributed by atoms with Crippen molar-refractivity contribution in [2.75, 3.05) is 67.1 Å². The summed E-state index contributed by atoms with van der Waals surface area (Å²) in [6, 6.07) is 7.66. The maximum Gasteiger partial charge on any atom is 0.608 e. The molecule has 0 radical (unpaired) electrons. The van der Waals surface area contributed by atoms with Crippen LogP contribution in [0.4, 0.5) is 0 Å². The summed E-state index contributed by atoms with van der Waals surface area (Å²) in [7, 11) is 2.62. The molecule has 0 spiro atoms. The normalized spacial score (nSPS) is 17.4. The molecule has 0 unspecified atom stereocenters. The van der Waals surface area contributed by atoms with E-state index in [0.29, 0.717) is 0 Å². The van der Waals surface area contributed by atoms with Gasteiger partial charge in [0.05, 0.1) is 36.6 Å². The summed E-state index contributed by atoms with van der Waals surface area (Å²) in [6.07, 6.45) is 5.87. The Hall–Kier alpha value is -2.42. The highest BCUT2D eigenvalue weighted by atomic mass is 16.7. The molecule has 5 heterocycles. The van der Waals surface area contributed by atoms with Gasteiger partial charge in [0.2, 0.25) is 0 Å². The van der Waals surface area contributed by atoms with Gasteiger partial charge in [-0.3, -0.25) is 0 Å². The van der Waals surface area contributed by atoms with Gasteiger partial charge in [-0.2, -0.15) is 0 Å². The van der Waals surface area contributed by atoms with Gasteiger partial charge >= 0.3 is 56.9 Å². The Morgan fingerprint density at radius 2 is 0.939 bits per heavy atom. The molecule has 398 valence electrons. The quantitative estimate of drug-likeness (QED) is 0.180. The van der Waals surface area contributed by atoms with Crippen LogP contribution in [0.5, 0.6) is 11.5 Å². The molecule has 0 amide bonds. The Balaban J connectivity index is -0.0000000410. The standard InChI is InChI=1S/C7H7BO2.C7H15BO2.C7H9BO2.C6H13BO2.C5H13BO2.C4H9BO2.C3H7BO2.C3H9BO2.14H2/c1-8-9-6-4-2-3-5-7(6)10-8;1-6(2)7(3,4)10-8(5)9-6;1-4-6-9-8(3)10-7-5-2;1-6(2)4-8-7(3)9-5-6;1-4-7-6(3)8-5-2;1-5-6-3-2-4-7-5;1-4-5-2-3-6-4;1-4(5-2)6-3;;;;;;;;;;;;;;/h2-5H,1H3;1-5H3;1-3H3;4-5H2,1-3H3;4-5H2,1-3H3;2-4H2,1H3;2-3H2,1H3;1-3H3;14*1H. The van der Waals surface area contributed by atoms with E-state index in [-0.39, 0.29) is 93.5 Å². The zero-order valence-corrected chi connectivity index (χ0v) is 44.3. The molecule has 4 saturated heterocycles. The van der Waals surface area contributed by atoms with Crippen LogP contribution in [-0.2, 0) is 65.2 Å². The molecule has 0 atom stereocenters. The molecule has 1 aromatic carbocycles. The number of fused-ring (bicyclic) bond motifs is 1. The lowest BCUT2D eigenvalue weighted by atomic mass is 9.86. The summed E-state index contributed by atoms with van der Waals surface area (Å²) in [5.41, 5.74) is -0.106. The highest BCUT2D eigenvalue weighted by Gasteiger charge is 2.48. The Bertz CT molecular complexity index is 1420. The molecule has 0 bridgehead atoms. The third-order valence-corrected chi connectivity index (χ3v) is 9.13. The first kappa shape index (κ1) is 65.7. The predicted molar refractivity (Wildman–Crippen MR) is 301 cm³/mol. The van der Waals surface area contributed by atoms with Crippen molar-refractivity contribution < 1.29 is 94.4 Å². The highest BCUT2D eigenvalue weighted by molar-refractivity contribution is 6.46. The van der Waals surface area contributed by atoms with Crippen LogP contribution in [0.2, 0.25) is 54.6 Å². The highest BCUT2D eigenvalue weighted by Crippen LogP contribution is 2.36. The SMILES string of the molecule is CB1OC(C)(C)C(C)(C)O1.CB1OCC(C)(C)CO1.CB1OCCCO1.CB1OCCO1.CB1Oc2ccccc2O1.CC#COB(C)OC#CC.CCOB(C)OCC.COB(C)OC.[HH].[HH].[HH].[HH].[HH].[HH].[HH].[HH].[HH].[HH].[HH].[HH].[HH].[HH]. The largest absolute Gasteiger partial charge is 0.608 e. The van der Waals surface area contributed by atoms with Crippen molar-refractivity contribution in [2.24, 2.45) is 5.41 Å². The Morgan fingerprint density at radius 3 is 1.18 bits per heavy atom. The second-order valence-corrected chi connectivity index (χ2v) is 16.4. The third kappa shape index (κ3) is 34.8. The third-order valence-electron chi connectivity index (χ3n) is 9.13. The fraction of sp³-hybridized carbons (Fsp3) is 0.762. The maximum absolute atomic E-state index is 5.54. The molecule has 4 fully saturated rings. The van der Waals surface area contributed by atoms with Crippen molar-refractivity contribution in [3.05, 3.63) is 24.3 Å². The van der Waals surface area contributed by atoms with Crippen LogP contribution >= 0.6 is 0 Å². The predicted octanol–water partition coefficient (Wildman–Crippen LogP) is 11.3. The van der Waals surface area contributed by atoms with Gasteiger partial charge < -0.3 is 74.5 Å². The molecule has 5 aliphatic rings. The molecular formula is C42H110B8O16. The fourth-order valence-electron chi connectivity index (χ4n) is 4.94. The van der Waals surface area contributed by atoms with E-state index >= 15 is 0 Å².